The van der Waals surface area contributed by atoms with Crippen LogP contribution in [0.5, 0.6) is 0 Å². The molecule has 1 aliphatic heterocycles. The van der Waals surface area contributed by atoms with Gasteiger partial charge in [0.25, 0.3) is 0 Å². The highest BCUT2D eigenvalue weighted by Crippen LogP contribution is 2.29. The monoisotopic (exact) mass is 368 g/mol. The van der Waals surface area contributed by atoms with E-state index in [1.165, 1.54) is 57.4 Å². The molecule has 0 aliphatic carbocycles. The maximum absolute atomic E-state index is 11.8. The Kier molecular flexibility index (Phi) is 12.0. The lowest BCUT2D eigenvalue weighted by Crippen LogP contribution is -2.20. The van der Waals surface area contributed by atoms with Crippen molar-refractivity contribution in [2.45, 2.75) is 97.2 Å². The predicted octanol–water partition coefficient (Wildman–Crippen LogP) is 4.67. The van der Waals surface area contributed by atoms with E-state index in [0.29, 0.717) is 12.2 Å². The summed E-state index contributed by atoms with van der Waals surface area (Å²) in [5.74, 6) is -1.02. The highest BCUT2D eigenvalue weighted by atomic mass is 16.6. The first-order valence-corrected chi connectivity index (χ1v) is 10.3. The van der Waals surface area contributed by atoms with Crippen molar-refractivity contribution >= 4 is 11.9 Å². The minimum atomic E-state index is -1.22. The number of carbonyl (C=O) groups is 2. The standard InChI is InChI=1S/C21H36O5/c1-3-5-6-7-8-9-10-11-12-13-14-17(15-19(22)25-4-2)18-16-20(23)26-21(18)24/h16-17,21,24H,3-15H2,1-2H3. The number of rotatable bonds is 15. The van der Waals surface area contributed by atoms with Crippen LogP contribution in [0.2, 0.25) is 0 Å². The topological polar surface area (TPSA) is 72.8 Å². The van der Waals surface area contributed by atoms with Crippen molar-refractivity contribution in [1.82, 2.24) is 0 Å². The smallest absolute Gasteiger partial charge is 0.333 e. The fraction of sp³-hybridized carbons (Fsp3) is 0.810. The molecule has 0 fully saturated rings. The first kappa shape index (κ1) is 22.7. The Morgan fingerprint density at radius 1 is 1.08 bits per heavy atom. The Morgan fingerprint density at radius 3 is 2.15 bits per heavy atom. The van der Waals surface area contributed by atoms with Crippen molar-refractivity contribution < 1.29 is 24.2 Å². The molecule has 1 heterocycles. The molecule has 150 valence electrons. The summed E-state index contributed by atoms with van der Waals surface area (Å²) in [7, 11) is 0. The third-order valence-electron chi connectivity index (χ3n) is 4.89. The van der Waals surface area contributed by atoms with Crippen molar-refractivity contribution in [3.8, 4) is 0 Å². The fourth-order valence-electron chi connectivity index (χ4n) is 3.42. The van der Waals surface area contributed by atoms with Crippen LogP contribution in [0.4, 0.5) is 0 Å². The molecule has 0 aromatic carbocycles. The molecule has 1 N–H and O–H groups in total. The Balaban J connectivity index is 2.27. The second kappa shape index (κ2) is 13.8. The molecule has 0 amide bonds. The van der Waals surface area contributed by atoms with Crippen LogP contribution >= 0.6 is 0 Å². The summed E-state index contributed by atoms with van der Waals surface area (Å²) in [6.45, 7) is 4.34. The van der Waals surface area contributed by atoms with Crippen LogP contribution in [0.25, 0.3) is 0 Å². The number of esters is 2. The largest absolute Gasteiger partial charge is 0.466 e. The number of aliphatic hydroxyl groups excluding tert-OH is 1. The van der Waals surface area contributed by atoms with Gasteiger partial charge < -0.3 is 14.6 Å². The minimum Gasteiger partial charge on any atom is -0.466 e. The summed E-state index contributed by atoms with van der Waals surface area (Å²) in [6, 6.07) is 0. The number of hydrogen-bond acceptors (Lipinski definition) is 5. The molecule has 1 aliphatic rings. The molecule has 0 bridgehead atoms. The van der Waals surface area contributed by atoms with E-state index in [-0.39, 0.29) is 18.3 Å². The molecule has 0 saturated heterocycles. The molecule has 2 unspecified atom stereocenters. The number of unbranched alkanes of at least 4 members (excludes halogenated alkanes) is 9. The molecule has 0 saturated carbocycles. The van der Waals surface area contributed by atoms with E-state index in [9.17, 15) is 14.7 Å². The first-order chi connectivity index (χ1) is 12.6. The van der Waals surface area contributed by atoms with E-state index in [0.717, 1.165) is 19.3 Å². The predicted molar refractivity (Wildman–Crippen MR) is 101 cm³/mol. The lowest BCUT2D eigenvalue weighted by atomic mass is 9.89. The number of aliphatic hydroxyl groups is 1. The fourth-order valence-corrected chi connectivity index (χ4v) is 3.42. The Bertz CT molecular complexity index is 444. The molecule has 26 heavy (non-hydrogen) atoms. The molecule has 1 rings (SSSR count). The summed E-state index contributed by atoms with van der Waals surface area (Å²) >= 11 is 0. The molecule has 0 radical (unpaired) electrons. The molecule has 5 heteroatoms. The van der Waals surface area contributed by atoms with E-state index in [4.69, 9.17) is 9.47 Å². The van der Waals surface area contributed by atoms with Crippen molar-refractivity contribution in [3.63, 3.8) is 0 Å². The van der Waals surface area contributed by atoms with E-state index < -0.39 is 12.3 Å². The van der Waals surface area contributed by atoms with Gasteiger partial charge in [-0.2, -0.15) is 0 Å². The zero-order valence-corrected chi connectivity index (χ0v) is 16.5. The first-order valence-electron chi connectivity index (χ1n) is 10.3. The van der Waals surface area contributed by atoms with Gasteiger partial charge in [-0.3, -0.25) is 4.79 Å². The zero-order valence-electron chi connectivity index (χ0n) is 16.5. The van der Waals surface area contributed by atoms with Gasteiger partial charge in [0.1, 0.15) is 0 Å². The van der Waals surface area contributed by atoms with Gasteiger partial charge in [0.15, 0.2) is 0 Å². The normalized spacial score (nSPS) is 17.7. The van der Waals surface area contributed by atoms with E-state index >= 15 is 0 Å². The van der Waals surface area contributed by atoms with Gasteiger partial charge in [0.05, 0.1) is 13.0 Å². The van der Waals surface area contributed by atoms with Gasteiger partial charge in [-0.15, -0.1) is 0 Å². The quantitative estimate of drug-likeness (QED) is 0.336. The maximum Gasteiger partial charge on any atom is 0.333 e. The van der Waals surface area contributed by atoms with Gasteiger partial charge in [-0.1, -0.05) is 71.1 Å². The Hall–Kier alpha value is -1.36. The van der Waals surface area contributed by atoms with Gasteiger partial charge in [-0.25, -0.2) is 4.79 Å². The van der Waals surface area contributed by atoms with E-state index in [2.05, 4.69) is 6.92 Å². The van der Waals surface area contributed by atoms with Gasteiger partial charge >= 0.3 is 11.9 Å². The van der Waals surface area contributed by atoms with Crippen molar-refractivity contribution in [2.75, 3.05) is 6.61 Å². The van der Waals surface area contributed by atoms with Crippen LogP contribution in [-0.2, 0) is 19.1 Å². The van der Waals surface area contributed by atoms with Gasteiger partial charge in [0.2, 0.25) is 6.29 Å². The highest BCUT2D eigenvalue weighted by molar-refractivity contribution is 5.86. The minimum absolute atomic E-state index is 0.185. The summed E-state index contributed by atoms with van der Waals surface area (Å²) in [5.41, 5.74) is 0.513. The van der Waals surface area contributed by atoms with Crippen LogP contribution in [-0.4, -0.2) is 29.9 Å². The lowest BCUT2D eigenvalue weighted by molar-refractivity contribution is -0.151. The second-order valence-electron chi connectivity index (χ2n) is 7.11. The van der Waals surface area contributed by atoms with Crippen molar-refractivity contribution in [3.05, 3.63) is 11.6 Å². The highest BCUT2D eigenvalue weighted by Gasteiger charge is 2.31. The average molecular weight is 369 g/mol. The maximum atomic E-state index is 11.8. The molecular weight excluding hydrogens is 332 g/mol. The third kappa shape index (κ3) is 9.37. The van der Waals surface area contributed by atoms with Crippen molar-refractivity contribution in [2.24, 2.45) is 5.92 Å². The van der Waals surface area contributed by atoms with E-state index in [1.807, 2.05) is 0 Å². The number of cyclic esters (lactones) is 1. The third-order valence-corrected chi connectivity index (χ3v) is 4.89. The Labute approximate surface area is 158 Å². The molecule has 0 spiro atoms. The number of carbonyl (C=O) groups excluding carboxylic acids is 2. The second-order valence-corrected chi connectivity index (χ2v) is 7.11. The molecule has 5 nitrogen and oxygen atoms in total. The molecule has 0 aromatic heterocycles. The van der Waals surface area contributed by atoms with Crippen LogP contribution in [0, 0.1) is 5.92 Å². The summed E-state index contributed by atoms with van der Waals surface area (Å²) in [4.78, 5) is 23.2. The van der Waals surface area contributed by atoms with Gasteiger partial charge in [0, 0.05) is 11.6 Å². The SMILES string of the molecule is CCCCCCCCCCCCC(CC(=O)OCC)C1=CC(=O)OC1O. The molecule has 0 aromatic rings. The van der Waals surface area contributed by atoms with Crippen LogP contribution < -0.4 is 0 Å². The Morgan fingerprint density at radius 2 is 1.65 bits per heavy atom. The summed E-state index contributed by atoms with van der Waals surface area (Å²) < 4.78 is 9.79. The molecule has 2 atom stereocenters. The lowest BCUT2D eigenvalue weighted by Gasteiger charge is -2.19. The van der Waals surface area contributed by atoms with Crippen LogP contribution in [0.15, 0.2) is 11.6 Å². The van der Waals surface area contributed by atoms with E-state index in [1.54, 1.807) is 6.92 Å². The zero-order chi connectivity index (χ0) is 19.2. The summed E-state index contributed by atoms with van der Waals surface area (Å²) in [6.07, 6.45) is 13.5. The number of ether oxygens (including phenoxy) is 2. The summed E-state index contributed by atoms with van der Waals surface area (Å²) in [5, 5.41) is 9.87. The van der Waals surface area contributed by atoms with Crippen molar-refractivity contribution in [1.29, 1.82) is 0 Å². The molecular formula is C21H36O5. The average Bonchev–Trinajstić information content (AvgIpc) is 2.94. The van der Waals surface area contributed by atoms with Crippen LogP contribution in [0.1, 0.15) is 90.9 Å². The van der Waals surface area contributed by atoms with Crippen LogP contribution in [0.3, 0.4) is 0 Å². The van der Waals surface area contributed by atoms with Gasteiger partial charge in [-0.05, 0) is 19.3 Å². The number of hydrogen-bond donors (Lipinski definition) is 1.